The van der Waals surface area contributed by atoms with E-state index in [1.165, 1.54) is 34.9 Å². The summed E-state index contributed by atoms with van der Waals surface area (Å²) in [6.45, 7) is 1.19. The van der Waals surface area contributed by atoms with Crippen molar-refractivity contribution in [2.75, 3.05) is 20.8 Å². The van der Waals surface area contributed by atoms with E-state index in [1.807, 2.05) is 24.3 Å². The number of nitrogens with one attached hydrogen (secondary N) is 1. The molecule has 212 valence electrons. The molecule has 5 aromatic rings. The first kappa shape index (κ1) is 26.3. The average Bonchev–Trinajstić information content (AvgIpc) is 3.40. The number of carbonyl (C=O) groups is 1. The van der Waals surface area contributed by atoms with E-state index in [9.17, 15) is 9.18 Å². The number of ether oxygens (including phenoxy) is 3. The van der Waals surface area contributed by atoms with Crippen molar-refractivity contribution < 1.29 is 23.4 Å². The van der Waals surface area contributed by atoms with Gasteiger partial charge in [0, 0.05) is 29.2 Å². The standard InChI is InChI=1S/C35H31FN2O4/c1-40-31-17-24-15-16-38-30(27(24)19-32(31)42-20-21-7-9-23(10-8-21)35(39)41-2)18-28-26-5-3-4-6-29(26)37-33(28)34(38)22-11-13-25(36)14-12-22/h3-14,17,19,30,34,37H,15-16,18,20H2,1-2H3. The van der Waals surface area contributed by atoms with E-state index in [-0.39, 0.29) is 23.9 Å². The third-order valence-corrected chi connectivity index (χ3v) is 8.63. The first-order chi connectivity index (χ1) is 20.5. The van der Waals surface area contributed by atoms with Gasteiger partial charge in [-0.2, -0.15) is 0 Å². The normalized spacial score (nSPS) is 17.7. The molecule has 0 aliphatic carbocycles. The molecular formula is C35H31FN2O4. The fraction of sp³-hybridized carbons (Fsp3) is 0.229. The Morgan fingerprint density at radius 2 is 1.76 bits per heavy atom. The fourth-order valence-electron chi connectivity index (χ4n) is 6.59. The minimum atomic E-state index is -0.367. The highest BCUT2D eigenvalue weighted by molar-refractivity contribution is 5.89. The molecule has 3 heterocycles. The molecule has 1 aromatic heterocycles. The predicted molar refractivity (Wildman–Crippen MR) is 159 cm³/mol. The topological polar surface area (TPSA) is 63.8 Å². The zero-order valence-corrected chi connectivity index (χ0v) is 23.5. The number of halogens is 1. The first-order valence-corrected chi connectivity index (χ1v) is 14.2. The molecule has 7 heteroatoms. The summed E-state index contributed by atoms with van der Waals surface area (Å²) in [4.78, 5) is 18.1. The summed E-state index contributed by atoms with van der Waals surface area (Å²) in [7, 11) is 3.04. The number of hydrogen-bond donors (Lipinski definition) is 1. The molecule has 1 N–H and O–H groups in total. The number of fused-ring (bicyclic) bond motifs is 6. The maximum atomic E-state index is 14.0. The lowest BCUT2D eigenvalue weighted by Gasteiger charge is -2.46. The lowest BCUT2D eigenvalue weighted by Crippen LogP contribution is -2.43. The molecule has 0 spiro atoms. The van der Waals surface area contributed by atoms with Crippen LogP contribution in [0.15, 0.2) is 84.9 Å². The number of aromatic nitrogens is 1. The van der Waals surface area contributed by atoms with E-state index >= 15 is 0 Å². The van der Waals surface area contributed by atoms with Crippen molar-refractivity contribution >= 4 is 16.9 Å². The molecule has 2 aliphatic rings. The van der Waals surface area contributed by atoms with Gasteiger partial charge in [-0.25, -0.2) is 9.18 Å². The van der Waals surface area contributed by atoms with Crippen LogP contribution in [-0.2, 0) is 24.2 Å². The highest BCUT2D eigenvalue weighted by atomic mass is 19.1. The summed E-state index contributed by atoms with van der Waals surface area (Å²) < 4.78 is 30.9. The van der Waals surface area contributed by atoms with Gasteiger partial charge >= 0.3 is 5.97 Å². The van der Waals surface area contributed by atoms with Gasteiger partial charge in [-0.1, -0.05) is 42.5 Å². The Labute approximate surface area is 243 Å². The Kier molecular flexibility index (Phi) is 6.67. The minimum Gasteiger partial charge on any atom is -0.493 e. The van der Waals surface area contributed by atoms with Gasteiger partial charge in [0.1, 0.15) is 12.4 Å². The van der Waals surface area contributed by atoms with Crippen LogP contribution in [-0.4, -0.2) is 36.6 Å². The lowest BCUT2D eigenvalue weighted by atomic mass is 9.80. The highest BCUT2D eigenvalue weighted by Gasteiger charge is 2.41. The molecule has 0 radical (unpaired) electrons. The maximum absolute atomic E-state index is 14.0. The molecule has 2 atom stereocenters. The van der Waals surface area contributed by atoms with Gasteiger partial charge in [-0.3, -0.25) is 4.90 Å². The number of para-hydroxylation sites is 1. The van der Waals surface area contributed by atoms with E-state index in [1.54, 1.807) is 31.4 Å². The zero-order chi connectivity index (χ0) is 28.8. The molecule has 42 heavy (non-hydrogen) atoms. The fourth-order valence-corrected chi connectivity index (χ4v) is 6.59. The number of rotatable bonds is 6. The van der Waals surface area contributed by atoms with Crippen molar-refractivity contribution in [2.24, 2.45) is 0 Å². The highest BCUT2D eigenvalue weighted by Crippen LogP contribution is 2.49. The van der Waals surface area contributed by atoms with Gasteiger partial charge in [-0.15, -0.1) is 0 Å². The predicted octanol–water partition coefficient (Wildman–Crippen LogP) is 6.93. The Balaban J connectivity index is 1.26. The van der Waals surface area contributed by atoms with E-state index in [0.29, 0.717) is 23.7 Å². The molecule has 2 aliphatic heterocycles. The second-order valence-electron chi connectivity index (χ2n) is 10.9. The zero-order valence-electron chi connectivity index (χ0n) is 23.5. The van der Waals surface area contributed by atoms with Crippen LogP contribution >= 0.6 is 0 Å². The van der Waals surface area contributed by atoms with Crippen LogP contribution in [0.3, 0.4) is 0 Å². The van der Waals surface area contributed by atoms with Crippen molar-refractivity contribution in [1.29, 1.82) is 0 Å². The molecular weight excluding hydrogens is 531 g/mol. The summed E-state index contributed by atoms with van der Waals surface area (Å²) in [6, 6.07) is 26.9. The first-order valence-electron chi connectivity index (χ1n) is 14.2. The van der Waals surface area contributed by atoms with Gasteiger partial charge in [0.25, 0.3) is 0 Å². The molecule has 0 bridgehead atoms. The summed E-state index contributed by atoms with van der Waals surface area (Å²) in [6.07, 6.45) is 1.72. The second-order valence-corrected chi connectivity index (χ2v) is 10.9. The molecule has 0 saturated heterocycles. The number of esters is 1. The van der Waals surface area contributed by atoms with Crippen molar-refractivity contribution in [3.05, 3.63) is 130 Å². The number of benzene rings is 4. The Morgan fingerprint density at radius 1 is 0.976 bits per heavy atom. The molecule has 2 unspecified atom stereocenters. The summed E-state index contributed by atoms with van der Waals surface area (Å²) in [5.41, 5.74) is 8.58. The van der Waals surface area contributed by atoms with Crippen LogP contribution in [0.4, 0.5) is 4.39 Å². The van der Waals surface area contributed by atoms with E-state index in [4.69, 9.17) is 14.2 Å². The second kappa shape index (κ2) is 10.7. The van der Waals surface area contributed by atoms with Crippen LogP contribution in [0.1, 0.15) is 56.0 Å². The Bertz CT molecular complexity index is 1780. The van der Waals surface area contributed by atoms with Gasteiger partial charge in [-0.05, 0) is 83.1 Å². The SMILES string of the molecule is COC(=O)c1ccc(COc2cc3c(cc2OC)CCN2C3Cc3c([nH]c4ccccc34)C2c2ccc(F)cc2)cc1. The molecule has 0 saturated carbocycles. The molecule has 7 rings (SSSR count). The number of hydrogen-bond acceptors (Lipinski definition) is 5. The number of nitrogens with zero attached hydrogens (tertiary/aromatic N) is 1. The van der Waals surface area contributed by atoms with Gasteiger partial charge < -0.3 is 19.2 Å². The number of carbonyl (C=O) groups excluding carboxylic acids is 1. The molecule has 0 amide bonds. The maximum Gasteiger partial charge on any atom is 0.337 e. The monoisotopic (exact) mass is 562 g/mol. The quantitative estimate of drug-likeness (QED) is 0.228. The van der Waals surface area contributed by atoms with Crippen LogP contribution in [0.5, 0.6) is 11.5 Å². The van der Waals surface area contributed by atoms with Gasteiger partial charge in [0.15, 0.2) is 11.5 Å². The summed E-state index contributed by atoms with van der Waals surface area (Å²) in [5, 5.41) is 1.23. The van der Waals surface area contributed by atoms with Gasteiger partial charge in [0.2, 0.25) is 0 Å². The summed E-state index contributed by atoms with van der Waals surface area (Å²) >= 11 is 0. The largest absolute Gasteiger partial charge is 0.493 e. The van der Waals surface area contributed by atoms with E-state index in [0.717, 1.165) is 36.0 Å². The number of aromatic amines is 1. The van der Waals surface area contributed by atoms with Crippen molar-refractivity contribution in [1.82, 2.24) is 9.88 Å². The van der Waals surface area contributed by atoms with Crippen LogP contribution in [0.25, 0.3) is 10.9 Å². The lowest BCUT2D eigenvalue weighted by molar-refractivity contribution is 0.0600. The van der Waals surface area contributed by atoms with E-state index in [2.05, 4.69) is 46.3 Å². The average molecular weight is 563 g/mol. The van der Waals surface area contributed by atoms with Crippen LogP contribution in [0.2, 0.25) is 0 Å². The molecule has 6 nitrogen and oxygen atoms in total. The molecule has 0 fully saturated rings. The van der Waals surface area contributed by atoms with Gasteiger partial charge in [0.05, 0.1) is 25.8 Å². The van der Waals surface area contributed by atoms with Crippen molar-refractivity contribution in [2.45, 2.75) is 31.5 Å². The third kappa shape index (κ3) is 4.50. The summed E-state index contributed by atoms with van der Waals surface area (Å²) in [5.74, 6) is 0.777. The van der Waals surface area contributed by atoms with Crippen LogP contribution < -0.4 is 9.47 Å². The number of H-pyrrole nitrogens is 1. The molecule has 4 aromatic carbocycles. The van der Waals surface area contributed by atoms with Crippen LogP contribution in [0, 0.1) is 5.82 Å². The number of methoxy groups -OCH3 is 2. The third-order valence-electron chi connectivity index (χ3n) is 8.63. The van der Waals surface area contributed by atoms with Crippen molar-refractivity contribution in [3.63, 3.8) is 0 Å². The Hall–Kier alpha value is -4.62. The Morgan fingerprint density at radius 3 is 2.52 bits per heavy atom. The smallest absolute Gasteiger partial charge is 0.337 e. The van der Waals surface area contributed by atoms with Crippen molar-refractivity contribution in [3.8, 4) is 11.5 Å². The minimum absolute atomic E-state index is 0.0281. The van der Waals surface area contributed by atoms with E-state index < -0.39 is 0 Å².